The second-order valence-electron chi connectivity index (χ2n) is 21.3. The molecular formula is C55H61BrF3N14O8P. The number of imide groups is 2. The van der Waals surface area contributed by atoms with Gasteiger partial charge in [-0.1, -0.05) is 0 Å². The number of carbonyl (C=O) groups is 5. The van der Waals surface area contributed by atoms with Crippen LogP contribution in [0.4, 0.5) is 47.7 Å². The number of amides is 4. The van der Waals surface area contributed by atoms with Gasteiger partial charge >= 0.3 is 12.1 Å². The lowest BCUT2D eigenvalue weighted by molar-refractivity contribution is -0.192. The van der Waals surface area contributed by atoms with E-state index in [2.05, 4.69) is 83.7 Å². The minimum absolute atomic E-state index is 0.0915. The minimum atomic E-state index is -5.08. The van der Waals surface area contributed by atoms with Crippen LogP contribution >= 0.6 is 23.1 Å². The van der Waals surface area contributed by atoms with Gasteiger partial charge in [-0.3, -0.25) is 48.9 Å². The molecule has 4 fully saturated rings. The number of ether oxygens (including phenoxy) is 1. The van der Waals surface area contributed by atoms with E-state index < -0.39 is 43.1 Å². The Bertz CT molecular complexity index is 3510. The molecule has 3 aromatic carbocycles. The molecule has 27 heteroatoms. The van der Waals surface area contributed by atoms with Crippen LogP contribution in [0, 0.1) is 5.92 Å². The van der Waals surface area contributed by atoms with Gasteiger partial charge in [-0.05, 0) is 117 Å². The van der Waals surface area contributed by atoms with Crippen molar-refractivity contribution in [1.29, 1.82) is 0 Å². The number of carbonyl (C=O) groups excluding carboxylic acids is 4. The van der Waals surface area contributed by atoms with Crippen LogP contribution in [0.1, 0.15) is 59.2 Å². The normalized spacial score (nSPS) is 18.8. The molecule has 22 nitrogen and oxygen atoms in total. The third-order valence-corrected chi connectivity index (χ3v) is 17.7. The fourth-order valence-electron chi connectivity index (χ4n) is 11.5. The van der Waals surface area contributed by atoms with Gasteiger partial charge in [0.1, 0.15) is 30.3 Å². The van der Waals surface area contributed by atoms with E-state index in [1.807, 2.05) is 42.3 Å². The van der Waals surface area contributed by atoms with Crippen LogP contribution in [0.15, 0.2) is 77.9 Å². The number of fused-ring (bicyclic) bond motifs is 2. The van der Waals surface area contributed by atoms with E-state index in [4.69, 9.17) is 19.6 Å². The van der Waals surface area contributed by atoms with Gasteiger partial charge < -0.3 is 39.7 Å². The number of rotatable bonds is 13. The standard InChI is InChI=1S/C53H60BrN14O6P.C2HF3O2/c1-63-31-33(28-58-63)37-26-42(60-53-57-29-39(54)49(62-53)59-41-8-7-40-47(56-16-15-55-40)48(41)75(3,4)73)45(74-2)27-44(37)67-19-13-34(14-20-67)65-17-11-32(12-18-65)30-64-21-23-66(24-22-64)35-5-6-36-38(25-35)52(72)68(51(36)71)43-9-10-46(69)61-50(43)70;3-2(4,5)1(6)7/h5-8,15-16,25-29,31-32,34,43H,9-14,17-24,30H2,1-4H3,(H,61,69,70)(H2,57,59,60,62);(H,6,7). The van der Waals surface area contributed by atoms with Crippen LogP contribution in [0.3, 0.4) is 0 Å². The lowest BCUT2D eigenvalue weighted by Gasteiger charge is -2.44. The first-order valence-electron chi connectivity index (χ1n) is 26.8. The highest BCUT2D eigenvalue weighted by Crippen LogP contribution is 2.44. The molecule has 8 heterocycles. The summed E-state index contributed by atoms with van der Waals surface area (Å²) in [6.07, 6.45) is 8.40. The molecule has 4 saturated heterocycles. The maximum Gasteiger partial charge on any atom is 0.490 e. The summed E-state index contributed by atoms with van der Waals surface area (Å²) < 4.78 is 53.9. The average molecular weight is 1210 g/mol. The van der Waals surface area contributed by atoms with Gasteiger partial charge in [-0.15, -0.1) is 0 Å². The van der Waals surface area contributed by atoms with Crippen molar-refractivity contribution >= 4 is 104 Å². The highest BCUT2D eigenvalue weighted by Gasteiger charge is 2.45. The van der Waals surface area contributed by atoms with Crippen LogP contribution in [0.5, 0.6) is 5.75 Å². The molecule has 0 bridgehead atoms. The maximum atomic E-state index is 13.6. The number of nitrogens with one attached hydrogen (secondary N) is 3. The van der Waals surface area contributed by atoms with E-state index >= 15 is 0 Å². The van der Waals surface area contributed by atoms with Crippen LogP contribution in [-0.4, -0.2) is 177 Å². The molecule has 4 N–H and O–H groups in total. The molecule has 0 saturated carbocycles. The number of piperazine rings is 1. The largest absolute Gasteiger partial charge is 0.494 e. The zero-order valence-electron chi connectivity index (χ0n) is 45.5. The number of hydrogen-bond donors (Lipinski definition) is 4. The first kappa shape index (κ1) is 57.7. The number of hydrogen-bond acceptors (Lipinski definition) is 18. The number of carboxylic acids is 1. The van der Waals surface area contributed by atoms with E-state index in [1.54, 1.807) is 51.2 Å². The Hall–Kier alpha value is -7.54. The van der Waals surface area contributed by atoms with Crippen LogP contribution in [0.2, 0.25) is 0 Å². The van der Waals surface area contributed by atoms with Gasteiger partial charge in [0.15, 0.2) is 0 Å². The highest BCUT2D eigenvalue weighted by molar-refractivity contribution is 9.10. The first-order valence-corrected chi connectivity index (χ1v) is 30.2. The number of halogens is 4. The molecule has 5 aliphatic heterocycles. The van der Waals surface area contributed by atoms with E-state index in [-0.39, 0.29) is 18.7 Å². The van der Waals surface area contributed by atoms with Gasteiger partial charge in [-0.2, -0.15) is 23.3 Å². The predicted molar refractivity (Wildman–Crippen MR) is 305 cm³/mol. The summed E-state index contributed by atoms with van der Waals surface area (Å²) in [5.74, 6) is -2.61. The number of aromatic nitrogens is 6. The lowest BCUT2D eigenvalue weighted by Crippen LogP contribution is -2.54. The molecule has 432 valence electrons. The smallest absolute Gasteiger partial charge is 0.490 e. The molecule has 1 atom stereocenters. The number of benzene rings is 3. The number of likely N-dealkylation sites (tertiary alicyclic amines) is 1. The summed E-state index contributed by atoms with van der Waals surface area (Å²) in [6.45, 7) is 12.0. The van der Waals surface area contributed by atoms with Gasteiger partial charge in [0.2, 0.25) is 17.8 Å². The van der Waals surface area contributed by atoms with Gasteiger partial charge in [-0.25, -0.2) is 9.78 Å². The Morgan fingerprint density at radius 1 is 0.829 bits per heavy atom. The van der Waals surface area contributed by atoms with E-state index in [0.29, 0.717) is 72.8 Å². The molecule has 1 unspecified atom stereocenters. The third kappa shape index (κ3) is 12.4. The quantitative estimate of drug-likeness (QED) is 0.0680. The summed E-state index contributed by atoms with van der Waals surface area (Å²) in [4.78, 5) is 89.3. The maximum absolute atomic E-state index is 13.6. The van der Waals surface area contributed by atoms with Crippen molar-refractivity contribution in [1.82, 2.24) is 49.7 Å². The van der Waals surface area contributed by atoms with Crippen molar-refractivity contribution in [2.75, 3.05) is 99.8 Å². The molecule has 6 aromatic rings. The molecule has 11 rings (SSSR count). The first-order chi connectivity index (χ1) is 39.1. The number of carboxylic acid groups (broad SMARTS) is 1. The lowest BCUT2D eigenvalue weighted by atomic mass is 9.92. The van der Waals surface area contributed by atoms with Gasteiger partial charge in [0.05, 0.1) is 51.1 Å². The van der Waals surface area contributed by atoms with Crippen LogP contribution in [0.25, 0.3) is 22.2 Å². The topological polar surface area (TPSA) is 254 Å². The molecule has 3 aromatic heterocycles. The molecule has 82 heavy (non-hydrogen) atoms. The van der Waals surface area contributed by atoms with E-state index in [1.165, 1.54) is 12.8 Å². The van der Waals surface area contributed by atoms with E-state index in [9.17, 15) is 36.9 Å². The Morgan fingerprint density at radius 2 is 1.54 bits per heavy atom. The second-order valence-corrected chi connectivity index (χ2v) is 25.3. The Morgan fingerprint density at radius 3 is 2.20 bits per heavy atom. The number of nitrogens with zero attached hydrogens (tertiary/aromatic N) is 11. The zero-order valence-corrected chi connectivity index (χ0v) is 47.9. The molecule has 4 amide bonds. The number of anilines is 6. The SMILES string of the molecule is COc1cc(N2CCC(N3CCC(CN4CCN(c5ccc6c(c5)C(=O)N(C5CCC(=O)NC5=O)C6=O)CC4)CC3)CC2)c(-c2cnn(C)c2)cc1Nc1ncc(Br)c(Nc2ccc3nccnc3c2P(C)(C)=O)n1.O=C(O)C(F)(F)F. The zero-order chi connectivity index (χ0) is 58.2. The molecule has 0 aliphatic carbocycles. The summed E-state index contributed by atoms with van der Waals surface area (Å²) in [6, 6.07) is 12.8. The number of alkyl halides is 3. The van der Waals surface area contributed by atoms with Crippen molar-refractivity contribution in [3.8, 4) is 16.9 Å². The van der Waals surface area contributed by atoms with Crippen molar-refractivity contribution < 1.29 is 51.6 Å². The van der Waals surface area contributed by atoms with Gasteiger partial charge in [0, 0.05) is 119 Å². The Kier molecular flexibility index (Phi) is 16.7. The third-order valence-electron chi connectivity index (χ3n) is 15.6. The van der Waals surface area contributed by atoms with Crippen LogP contribution < -0.4 is 35.8 Å². The summed E-state index contributed by atoms with van der Waals surface area (Å²) in [7, 11) is 0.779. The summed E-state index contributed by atoms with van der Waals surface area (Å²) >= 11 is 3.62. The molecule has 5 aliphatic rings. The number of aryl methyl sites for hydroxylation is 1. The fourth-order valence-corrected chi connectivity index (χ4v) is 13.2. The predicted octanol–water partition coefficient (Wildman–Crippen LogP) is 6.86. The molecule has 0 spiro atoms. The minimum Gasteiger partial charge on any atom is -0.494 e. The fraction of sp³-hybridized carbons (Fsp3) is 0.418. The number of aliphatic carboxylic acids is 1. The Balaban J connectivity index is 0.00000101. The number of methoxy groups -OCH3 is 1. The monoisotopic (exact) mass is 1210 g/mol. The van der Waals surface area contributed by atoms with Crippen molar-refractivity contribution in [3.05, 3.63) is 89.0 Å². The molecular weight excluding hydrogens is 1150 g/mol. The van der Waals surface area contributed by atoms with Crippen molar-refractivity contribution in [2.45, 2.75) is 56.8 Å². The summed E-state index contributed by atoms with van der Waals surface area (Å²) in [5, 5.41) is 21.3. The van der Waals surface area contributed by atoms with E-state index in [0.717, 1.165) is 99.1 Å². The highest BCUT2D eigenvalue weighted by atomic mass is 79.9. The van der Waals surface area contributed by atoms with Crippen LogP contribution in [-0.2, 0) is 26.0 Å². The summed E-state index contributed by atoms with van der Waals surface area (Å²) in [5.41, 5.74) is 7.15. The number of piperidine rings is 3. The van der Waals surface area contributed by atoms with Crippen molar-refractivity contribution in [3.63, 3.8) is 0 Å². The van der Waals surface area contributed by atoms with Crippen molar-refractivity contribution in [2.24, 2.45) is 13.0 Å². The second kappa shape index (κ2) is 23.7. The van der Waals surface area contributed by atoms with Gasteiger partial charge in [0.25, 0.3) is 11.8 Å². The average Bonchev–Trinajstić information content (AvgIpc) is 3.30. The Labute approximate surface area is 478 Å². The molecule has 0 radical (unpaired) electrons.